The SMILES string of the molecule is C[C@@H](C(=O)NNC(=O)[C@@H]1CC[C@@H]2CN1C(=O)N2OS(=O)(=O)O)n1cnnn1. The van der Waals surface area contributed by atoms with Gasteiger partial charge < -0.3 is 4.90 Å². The molecule has 0 spiro atoms. The van der Waals surface area contributed by atoms with Crippen molar-refractivity contribution in [3.05, 3.63) is 6.33 Å². The van der Waals surface area contributed by atoms with Crippen LogP contribution in [-0.2, 0) is 24.3 Å². The highest BCUT2D eigenvalue weighted by Gasteiger charge is 2.49. The first-order chi connectivity index (χ1) is 12.7. The summed E-state index contributed by atoms with van der Waals surface area (Å²) in [6, 6.07) is -3.21. The fraction of sp³-hybridized carbons (Fsp3) is 0.636. The zero-order valence-corrected chi connectivity index (χ0v) is 14.7. The number of urea groups is 1. The molecule has 0 unspecified atom stereocenters. The lowest BCUT2D eigenvalue weighted by atomic mass is 10.0. The number of fused-ring (bicyclic) bond motifs is 2. The predicted octanol–water partition coefficient (Wildman–Crippen LogP) is -2.62. The second-order valence-electron chi connectivity index (χ2n) is 5.95. The van der Waals surface area contributed by atoms with Crippen LogP contribution in [0.25, 0.3) is 0 Å². The molecule has 2 fully saturated rings. The van der Waals surface area contributed by atoms with Crippen LogP contribution in [0.3, 0.4) is 0 Å². The summed E-state index contributed by atoms with van der Waals surface area (Å²) in [5.74, 6) is -1.25. The molecule has 16 heteroatoms. The topological polar surface area (TPSA) is 189 Å². The van der Waals surface area contributed by atoms with Crippen molar-refractivity contribution in [3.63, 3.8) is 0 Å². The normalized spacial score (nSPS) is 23.3. The molecular weight excluding hydrogens is 388 g/mol. The summed E-state index contributed by atoms with van der Waals surface area (Å²) in [4.78, 5) is 37.7. The van der Waals surface area contributed by atoms with E-state index in [4.69, 9.17) is 4.55 Å². The van der Waals surface area contributed by atoms with Gasteiger partial charge in [0, 0.05) is 6.54 Å². The van der Waals surface area contributed by atoms with E-state index in [1.165, 1.54) is 17.9 Å². The Hall–Kier alpha value is -2.85. The quantitative estimate of drug-likeness (QED) is 0.346. The Morgan fingerprint density at radius 1 is 1.37 bits per heavy atom. The van der Waals surface area contributed by atoms with Gasteiger partial charge in [-0.3, -0.25) is 25.0 Å². The van der Waals surface area contributed by atoms with Crippen LogP contribution in [0.5, 0.6) is 0 Å². The summed E-state index contributed by atoms with van der Waals surface area (Å²) in [7, 11) is -4.87. The Bertz CT molecular complexity index is 843. The van der Waals surface area contributed by atoms with E-state index in [9.17, 15) is 22.8 Å². The van der Waals surface area contributed by atoms with E-state index in [0.717, 1.165) is 4.90 Å². The third-order valence-corrected chi connectivity index (χ3v) is 4.60. The summed E-state index contributed by atoms with van der Waals surface area (Å²) in [6.45, 7) is 1.55. The van der Waals surface area contributed by atoms with Gasteiger partial charge in [-0.2, -0.15) is 13.5 Å². The minimum absolute atomic E-state index is 0.0431. The molecule has 2 bridgehead atoms. The van der Waals surface area contributed by atoms with Crippen LogP contribution in [-0.4, -0.2) is 79.6 Å². The second-order valence-corrected chi connectivity index (χ2v) is 6.96. The van der Waals surface area contributed by atoms with E-state index < -0.39 is 46.4 Å². The van der Waals surface area contributed by atoms with Crippen molar-refractivity contribution in [2.24, 2.45) is 0 Å². The molecular formula is C11H16N8O7S. The number of carbonyl (C=O) groups excluding carboxylic acids is 3. The number of rotatable bonds is 5. The molecule has 27 heavy (non-hydrogen) atoms. The minimum atomic E-state index is -4.87. The maximum atomic E-state index is 12.3. The highest BCUT2D eigenvalue weighted by molar-refractivity contribution is 7.80. The number of tetrazole rings is 1. The van der Waals surface area contributed by atoms with Gasteiger partial charge in [-0.1, -0.05) is 0 Å². The number of carbonyl (C=O) groups is 3. The van der Waals surface area contributed by atoms with Crippen LogP contribution in [0.4, 0.5) is 4.79 Å². The average molecular weight is 404 g/mol. The molecule has 0 aromatic carbocycles. The highest BCUT2D eigenvalue weighted by atomic mass is 32.3. The van der Waals surface area contributed by atoms with Crippen LogP contribution < -0.4 is 10.9 Å². The molecule has 3 atom stereocenters. The monoisotopic (exact) mass is 404 g/mol. The molecule has 148 valence electrons. The lowest BCUT2D eigenvalue weighted by Gasteiger charge is -2.29. The standard InChI is InChI=1S/C11H16N8O7S/c1-6(18-5-12-15-16-18)9(20)13-14-10(21)8-3-2-7-4-17(8)11(22)19(7)26-27(23,24)25/h5-8H,2-4H2,1H3,(H,13,20)(H,14,21)(H,23,24,25)/t6-,7+,8-/m0/s1. The van der Waals surface area contributed by atoms with Gasteiger partial charge in [0.25, 0.3) is 11.8 Å². The van der Waals surface area contributed by atoms with Crippen LogP contribution in [0.1, 0.15) is 25.8 Å². The molecule has 2 saturated heterocycles. The minimum Gasteiger partial charge on any atom is -0.309 e. The molecule has 2 aliphatic heterocycles. The molecule has 3 rings (SSSR count). The summed E-state index contributed by atoms with van der Waals surface area (Å²) < 4.78 is 35.9. The number of hydrazine groups is 1. The van der Waals surface area contributed by atoms with Gasteiger partial charge in [0.15, 0.2) is 0 Å². The van der Waals surface area contributed by atoms with Gasteiger partial charge in [0.1, 0.15) is 18.4 Å². The van der Waals surface area contributed by atoms with Gasteiger partial charge in [-0.05, 0) is 30.2 Å². The first kappa shape index (κ1) is 18.9. The van der Waals surface area contributed by atoms with Gasteiger partial charge >= 0.3 is 16.4 Å². The van der Waals surface area contributed by atoms with Gasteiger partial charge in [0.05, 0.1) is 6.04 Å². The summed E-state index contributed by atoms with van der Waals surface area (Å²) in [5, 5.41) is 10.9. The Morgan fingerprint density at radius 3 is 2.74 bits per heavy atom. The number of piperidine rings is 1. The van der Waals surface area contributed by atoms with E-state index in [2.05, 4.69) is 30.7 Å². The van der Waals surface area contributed by atoms with Crippen molar-refractivity contribution >= 4 is 28.2 Å². The van der Waals surface area contributed by atoms with E-state index in [1.54, 1.807) is 0 Å². The number of nitrogens with one attached hydrogen (secondary N) is 2. The molecule has 3 heterocycles. The second kappa shape index (κ2) is 7.05. The van der Waals surface area contributed by atoms with Crippen LogP contribution >= 0.6 is 0 Å². The Morgan fingerprint density at radius 2 is 2.11 bits per heavy atom. The summed E-state index contributed by atoms with van der Waals surface area (Å²) in [5.41, 5.74) is 4.44. The zero-order valence-electron chi connectivity index (χ0n) is 13.9. The number of nitrogens with zero attached hydrogens (tertiary/aromatic N) is 6. The van der Waals surface area contributed by atoms with E-state index >= 15 is 0 Å². The number of aromatic nitrogens is 4. The van der Waals surface area contributed by atoms with Crippen molar-refractivity contribution < 1.29 is 31.6 Å². The van der Waals surface area contributed by atoms with Crippen LogP contribution in [0.2, 0.25) is 0 Å². The maximum Gasteiger partial charge on any atom is 0.418 e. The van der Waals surface area contributed by atoms with Crippen molar-refractivity contribution in [2.45, 2.75) is 37.9 Å². The van der Waals surface area contributed by atoms with Gasteiger partial charge in [-0.15, -0.1) is 9.38 Å². The molecule has 3 N–H and O–H groups in total. The van der Waals surface area contributed by atoms with Gasteiger partial charge in [0.2, 0.25) is 0 Å². The van der Waals surface area contributed by atoms with E-state index in [-0.39, 0.29) is 19.4 Å². The van der Waals surface area contributed by atoms with E-state index in [0.29, 0.717) is 5.06 Å². The molecule has 4 amide bonds. The number of hydrogen-bond donors (Lipinski definition) is 3. The molecule has 0 radical (unpaired) electrons. The zero-order chi connectivity index (χ0) is 19.8. The van der Waals surface area contributed by atoms with Crippen molar-refractivity contribution in [3.8, 4) is 0 Å². The molecule has 1 aromatic heterocycles. The largest absolute Gasteiger partial charge is 0.418 e. The third-order valence-electron chi connectivity index (χ3n) is 4.25. The Labute approximate surface area is 152 Å². The first-order valence-electron chi connectivity index (χ1n) is 7.76. The van der Waals surface area contributed by atoms with E-state index in [1.807, 2.05) is 0 Å². The predicted molar refractivity (Wildman–Crippen MR) is 82.2 cm³/mol. The van der Waals surface area contributed by atoms with Crippen molar-refractivity contribution in [1.82, 2.24) is 41.0 Å². The molecule has 1 aromatic rings. The molecule has 2 aliphatic rings. The summed E-state index contributed by atoms with van der Waals surface area (Å²) >= 11 is 0. The lowest BCUT2D eigenvalue weighted by molar-refractivity contribution is -0.133. The maximum absolute atomic E-state index is 12.3. The van der Waals surface area contributed by atoms with Crippen molar-refractivity contribution in [1.29, 1.82) is 0 Å². The molecule has 0 saturated carbocycles. The fourth-order valence-electron chi connectivity index (χ4n) is 2.88. The number of amides is 4. The smallest absolute Gasteiger partial charge is 0.309 e. The van der Waals surface area contributed by atoms with Crippen LogP contribution in [0.15, 0.2) is 6.33 Å². The average Bonchev–Trinajstić information content (AvgIpc) is 3.22. The Balaban J connectivity index is 1.58. The highest BCUT2D eigenvalue weighted by Crippen LogP contribution is 2.30. The molecule has 0 aliphatic carbocycles. The Kier molecular flexibility index (Phi) is 4.94. The van der Waals surface area contributed by atoms with Crippen molar-refractivity contribution in [2.75, 3.05) is 6.54 Å². The van der Waals surface area contributed by atoms with Gasteiger partial charge in [-0.25, -0.2) is 9.48 Å². The number of hydrogen-bond acceptors (Lipinski definition) is 9. The first-order valence-corrected chi connectivity index (χ1v) is 9.13. The molecule has 15 nitrogen and oxygen atoms in total. The lowest BCUT2D eigenvalue weighted by Crippen LogP contribution is -2.54. The fourth-order valence-corrected chi connectivity index (χ4v) is 3.27. The summed E-state index contributed by atoms with van der Waals surface area (Å²) in [6.07, 6.45) is 1.72. The number of hydroxylamine groups is 2. The van der Waals surface area contributed by atoms with Crippen LogP contribution in [0, 0.1) is 0 Å². The third kappa shape index (κ3) is 3.96.